The Labute approximate surface area is 256 Å². The highest BCUT2D eigenvalue weighted by molar-refractivity contribution is 6.35. The number of nitrogens with one attached hydrogen (secondary N) is 3. The van der Waals surface area contributed by atoms with E-state index in [2.05, 4.69) is 20.6 Å². The molecule has 0 atom stereocenters. The first kappa shape index (κ1) is 28.8. The molecule has 10 nitrogen and oxygen atoms in total. The van der Waals surface area contributed by atoms with Crippen LogP contribution in [0.4, 0.5) is 26.4 Å². The molecule has 3 aromatic carbocycles. The summed E-state index contributed by atoms with van der Waals surface area (Å²) in [7, 11) is 0. The maximum Gasteiger partial charge on any atom is 0.411 e. The number of nitrogens with two attached hydrogens (primary N) is 1. The van der Waals surface area contributed by atoms with Crippen LogP contribution in [-0.4, -0.2) is 39.7 Å². The molecular formula is C32H27ClFN7O3. The van der Waals surface area contributed by atoms with Crippen LogP contribution in [0.2, 0.25) is 5.02 Å². The molecule has 0 bridgehead atoms. The number of carbonyl (C=O) groups excluding carboxylic acids is 2. The van der Waals surface area contributed by atoms with Gasteiger partial charge in [-0.1, -0.05) is 79.4 Å². The molecule has 0 spiro atoms. The number of halogens is 2. The highest BCUT2D eigenvalue weighted by Gasteiger charge is 2.30. The molecule has 44 heavy (non-hydrogen) atoms. The minimum atomic E-state index is -1.01. The molecule has 1 fully saturated rings. The van der Waals surface area contributed by atoms with Gasteiger partial charge in [0.25, 0.3) is 0 Å². The smallest absolute Gasteiger partial charge is 0.411 e. The highest BCUT2D eigenvalue weighted by atomic mass is 35.5. The summed E-state index contributed by atoms with van der Waals surface area (Å²) in [6, 6.07) is 15.8. The van der Waals surface area contributed by atoms with Crippen LogP contribution in [0.25, 0.3) is 28.0 Å². The first-order chi connectivity index (χ1) is 21.4. The normalized spacial score (nSPS) is 12.9. The van der Waals surface area contributed by atoms with E-state index in [9.17, 15) is 9.59 Å². The third-order valence-electron chi connectivity index (χ3n) is 7.33. The minimum Gasteiger partial charge on any atom is -0.448 e. The Hall–Kier alpha value is -5.29. The lowest BCUT2D eigenvalue weighted by Gasteiger charge is -2.18. The van der Waals surface area contributed by atoms with E-state index in [0.29, 0.717) is 12.1 Å². The number of amides is 2. The van der Waals surface area contributed by atoms with Crippen molar-refractivity contribution in [3.63, 3.8) is 0 Å². The largest absolute Gasteiger partial charge is 0.448 e. The summed E-state index contributed by atoms with van der Waals surface area (Å²) in [5.41, 5.74) is 10.5. The van der Waals surface area contributed by atoms with E-state index >= 15 is 4.39 Å². The van der Waals surface area contributed by atoms with Gasteiger partial charge in [0, 0.05) is 29.5 Å². The molecule has 2 aromatic heterocycles. The number of carbonyl (C=O) groups is 2. The van der Waals surface area contributed by atoms with E-state index in [1.165, 1.54) is 37.9 Å². The molecule has 2 aliphatic rings. The van der Waals surface area contributed by atoms with Crippen molar-refractivity contribution in [3.8, 4) is 22.4 Å². The predicted octanol–water partition coefficient (Wildman–Crippen LogP) is 6.87. The number of hydrogen-bond donors (Lipinski definition) is 4. The highest BCUT2D eigenvalue weighted by Crippen LogP contribution is 2.45. The molecule has 7 rings (SSSR count). The van der Waals surface area contributed by atoms with Crippen LogP contribution < -0.4 is 16.4 Å². The van der Waals surface area contributed by atoms with E-state index in [4.69, 9.17) is 27.5 Å². The second-order valence-corrected chi connectivity index (χ2v) is 10.7. The molecule has 2 aliphatic carbocycles. The maximum atomic E-state index is 15.6. The van der Waals surface area contributed by atoms with Crippen molar-refractivity contribution < 1.29 is 18.7 Å². The summed E-state index contributed by atoms with van der Waals surface area (Å²) < 4.78 is 22.7. The lowest BCUT2D eigenvalue weighted by molar-refractivity contribution is -0.105. The molecule has 5 N–H and O–H groups in total. The van der Waals surface area contributed by atoms with Gasteiger partial charge in [-0.3, -0.25) is 15.1 Å². The van der Waals surface area contributed by atoms with Crippen LogP contribution >= 0.6 is 11.6 Å². The first-order valence-electron chi connectivity index (χ1n) is 13.9. The number of imidazole rings is 1. The molecule has 5 aromatic rings. The molecule has 0 radical (unpaired) electrons. The Morgan fingerprint density at radius 3 is 2.39 bits per heavy atom. The maximum absolute atomic E-state index is 15.6. The standard InChI is InChI=1S/C29H21ClFN7O3.C3H6/c30-25-24(21-11-38-12-22(35-14-39)36-23(38)10-34-21)19(9-32)27(33)28(26(25)31)37-29(40)41-13-20-17-7-3-1-5-15(17)16-6-2-4-8-18(16)20;1-2-3-1/h1-12,14,20,32H,13,33H2,(H,35,39)(H,37,40);1-3H2. The van der Waals surface area contributed by atoms with Crippen molar-refractivity contribution in [3.05, 3.63) is 94.7 Å². The Morgan fingerprint density at radius 1 is 1.11 bits per heavy atom. The second kappa shape index (κ2) is 12.1. The fraction of sp³-hybridized carbons (Fsp3) is 0.156. The van der Waals surface area contributed by atoms with Crippen LogP contribution in [-0.2, 0) is 9.53 Å². The lowest BCUT2D eigenvalue weighted by atomic mass is 9.98. The van der Waals surface area contributed by atoms with Gasteiger partial charge in [-0.15, -0.1) is 0 Å². The number of rotatable bonds is 7. The quantitative estimate of drug-likeness (QED) is 0.0897. The Kier molecular flexibility index (Phi) is 7.95. The third-order valence-corrected chi connectivity index (χ3v) is 7.69. The van der Waals surface area contributed by atoms with Crippen molar-refractivity contribution in [2.45, 2.75) is 25.2 Å². The summed E-state index contributed by atoms with van der Waals surface area (Å²) in [4.78, 5) is 32.1. The fourth-order valence-electron chi connectivity index (χ4n) is 5.14. The second-order valence-electron chi connectivity index (χ2n) is 10.3. The molecular weight excluding hydrogens is 585 g/mol. The number of fused-ring (bicyclic) bond motifs is 4. The van der Waals surface area contributed by atoms with Gasteiger partial charge < -0.3 is 25.6 Å². The summed E-state index contributed by atoms with van der Waals surface area (Å²) in [6.45, 7) is 0.0143. The predicted molar refractivity (Wildman–Crippen MR) is 168 cm³/mol. The Morgan fingerprint density at radius 2 is 1.77 bits per heavy atom. The number of hydrogen-bond acceptors (Lipinski definition) is 7. The number of nitrogens with zero attached hydrogens (tertiary/aromatic N) is 3. The molecule has 0 saturated heterocycles. The number of nitrogen functional groups attached to an aromatic ring is 1. The molecule has 12 heteroatoms. The zero-order valence-corrected chi connectivity index (χ0v) is 24.1. The zero-order valence-electron chi connectivity index (χ0n) is 23.3. The van der Waals surface area contributed by atoms with E-state index in [-0.39, 0.29) is 40.9 Å². The summed E-state index contributed by atoms with van der Waals surface area (Å²) in [5, 5.41) is 12.4. The molecule has 222 valence electrons. The summed E-state index contributed by atoms with van der Waals surface area (Å²) in [6.07, 6.45) is 9.39. The van der Waals surface area contributed by atoms with E-state index in [0.717, 1.165) is 28.5 Å². The number of anilines is 3. The minimum absolute atomic E-state index is 0.0143. The lowest BCUT2D eigenvalue weighted by Crippen LogP contribution is -2.20. The average Bonchev–Trinajstić information content (AvgIpc) is 3.82. The van der Waals surface area contributed by atoms with Gasteiger partial charge >= 0.3 is 6.09 Å². The fourth-order valence-corrected chi connectivity index (χ4v) is 5.44. The van der Waals surface area contributed by atoms with Crippen molar-refractivity contribution in [1.82, 2.24) is 14.4 Å². The van der Waals surface area contributed by atoms with Gasteiger partial charge in [-0.25, -0.2) is 14.2 Å². The summed E-state index contributed by atoms with van der Waals surface area (Å²) in [5.74, 6) is -0.912. The monoisotopic (exact) mass is 611 g/mol. The van der Waals surface area contributed by atoms with E-state index < -0.39 is 22.6 Å². The van der Waals surface area contributed by atoms with Crippen LogP contribution in [0.1, 0.15) is 41.9 Å². The van der Waals surface area contributed by atoms with Crippen LogP contribution in [0.15, 0.2) is 67.1 Å². The number of benzene rings is 3. The van der Waals surface area contributed by atoms with Gasteiger partial charge in [0.1, 0.15) is 12.3 Å². The molecule has 2 amide bonds. The Balaban J connectivity index is 0.00000108. The molecule has 2 heterocycles. The van der Waals surface area contributed by atoms with Crippen molar-refractivity contribution >= 4 is 53.2 Å². The molecule has 0 unspecified atom stereocenters. The summed E-state index contributed by atoms with van der Waals surface area (Å²) >= 11 is 6.42. The van der Waals surface area contributed by atoms with Crippen molar-refractivity contribution in [1.29, 1.82) is 5.41 Å². The Bertz CT molecular complexity index is 1880. The average molecular weight is 612 g/mol. The van der Waals surface area contributed by atoms with E-state index in [1.54, 1.807) is 4.40 Å². The van der Waals surface area contributed by atoms with Gasteiger partial charge in [0.2, 0.25) is 6.41 Å². The van der Waals surface area contributed by atoms with Crippen LogP contribution in [0, 0.1) is 11.2 Å². The molecule has 1 saturated carbocycles. The van der Waals surface area contributed by atoms with Crippen molar-refractivity contribution in [2.24, 2.45) is 0 Å². The SMILES string of the molecule is C1CC1.N=Cc1c(N)c(NC(=O)OCC2c3ccccc3-c3ccccc32)c(F)c(Cl)c1-c1cn2cc(NC=O)nc2cn1. The van der Waals surface area contributed by atoms with Gasteiger partial charge in [0.15, 0.2) is 17.3 Å². The number of ether oxygens (including phenoxy) is 1. The van der Waals surface area contributed by atoms with Crippen molar-refractivity contribution in [2.75, 3.05) is 23.0 Å². The molecule has 0 aliphatic heterocycles. The van der Waals surface area contributed by atoms with E-state index in [1.807, 2.05) is 48.5 Å². The van der Waals surface area contributed by atoms with Crippen LogP contribution in [0.5, 0.6) is 0 Å². The van der Waals surface area contributed by atoms with Gasteiger partial charge in [0.05, 0.1) is 28.8 Å². The topological polar surface area (TPSA) is 147 Å². The first-order valence-corrected chi connectivity index (χ1v) is 14.3. The van der Waals surface area contributed by atoms with Gasteiger partial charge in [-0.05, 0) is 22.3 Å². The zero-order chi connectivity index (χ0) is 30.8. The van der Waals surface area contributed by atoms with Crippen LogP contribution in [0.3, 0.4) is 0 Å². The van der Waals surface area contributed by atoms with Gasteiger partial charge in [-0.2, -0.15) is 0 Å². The third kappa shape index (κ3) is 5.45. The number of aromatic nitrogens is 3.